The zero-order valence-corrected chi connectivity index (χ0v) is 12.7. The zero-order valence-electron chi connectivity index (χ0n) is 12.7. The maximum atomic E-state index is 11.6. The zero-order chi connectivity index (χ0) is 15.8. The van der Waals surface area contributed by atoms with E-state index in [1.54, 1.807) is 12.3 Å². The van der Waals surface area contributed by atoms with E-state index in [1.165, 1.54) is 0 Å². The Morgan fingerprint density at radius 1 is 1.27 bits per heavy atom. The number of carbonyl (C=O) groups excluding carboxylic acids is 1. The number of aromatic nitrogens is 1. The Balaban J connectivity index is 1.80. The van der Waals surface area contributed by atoms with Gasteiger partial charge in [-0.15, -0.1) is 0 Å². The number of ether oxygens (including phenoxy) is 1. The molecule has 1 aromatic carbocycles. The molecule has 0 bridgehead atoms. The number of rotatable bonds is 7. The molecule has 1 unspecified atom stereocenters. The molecule has 1 amide bonds. The van der Waals surface area contributed by atoms with Crippen LogP contribution in [0.25, 0.3) is 0 Å². The summed E-state index contributed by atoms with van der Waals surface area (Å²) < 4.78 is 5.61. The fourth-order valence-corrected chi connectivity index (χ4v) is 1.83. The molecular weight excluding hydrogens is 278 g/mol. The molecule has 0 radical (unpaired) electrons. The number of carbonyl (C=O) groups is 1. The molecule has 0 saturated carbocycles. The Morgan fingerprint density at radius 3 is 2.68 bits per heavy atom. The van der Waals surface area contributed by atoms with Crippen LogP contribution in [0.3, 0.4) is 0 Å². The number of hydrogen-bond donors (Lipinski definition) is 2. The van der Waals surface area contributed by atoms with Crippen LogP contribution in [-0.4, -0.2) is 16.9 Å². The molecule has 2 aromatic rings. The van der Waals surface area contributed by atoms with Crippen molar-refractivity contribution in [3.63, 3.8) is 0 Å². The van der Waals surface area contributed by atoms with E-state index in [0.717, 1.165) is 11.3 Å². The second-order valence-corrected chi connectivity index (χ2v) is 5.21. The summed E-state index contributed by atoms with van der Waals surface area (Å²) in [4.78, 5) is 15.8. The van der Waals surface area contributed by atoms with Gasteiger partial charge in [0.25, 0.3) is 0 Å². The van der Waals surface area contributed by atoms with Crippen LogP contribution in [0.5, 0.6) is 11.6 Å². The van der Waals surface area contributed by atoms with Crippen LogP contribution >= 0.6 is 0 Å². The molecule has 3 N–H and O–H groups in total. The molecule has 2 rings (SSSR count). The molecule has 0 fully saturated rings. The van der Waals surface area contributed by atoms with Crippen LogP contribution in [0.4, 0.5) is 0 Å². The van der Waals surface area contributed by atoms with Crippen molar-refractivity contribution < 1.29 is 9.53 Å². The van der Waals surface area contributed by atoms with E-state index in [9.17, 15) is 4.79 Å². The summed E-state index contributed by atoms with van der Waals surface area (Å²) in [5.41, 5.74) is 6.55. The van der Waals surface area contributed by atoms with E-state index < -0.39 is 0 Å². The number of pyridine rings is 1. The summed E-state index contributed by atoms with van der Waals surface area (Å²) in [7, 11) is 0. The average Bonchev–Trinajstić information content (AvgIpc) is 2.53. The lowest BCUT2D eigenvalue weighted by atomic mass is 10.2. The quantitative estimate of drug-likeness (QED) is 0.824. The molecule has 1 aromatic heterocycles. The lowest BCUT2D eigenvalue weighted by molar-refractivity contribution is -0.121. The van der Waals surface area contributed by atoms with E-state index >= 15 is 0 Å². The van der Waals surface area contributed by atoms with Crippen molar-refractivity contribution in [1.82, 2.24) is 10.3 Å². The molecule has 22 heavy (non-hydrogen) atoms. The fourth-order valence-electron chi connectivity index (χ4n) is 1.83. The van der Waals surface area contributed by atoms with Gasteiger partial charge < -0.3 is 15.8 Å². The van der Waals surface area contributed by atoms with Crippen LogP contribution in [-0.2, 0) is 11.3 Å². The standard InChI is InChI=1S/C17H21N3O2/c1-13(18)7-9-16(21)19-11-14-8-10-17(20-12-14)22-15-5-3-2-4-6-15/h2-6,8,10,12-13H,7,9,11,18H2,1H3,(H,19,21). The van der Waals surface area contributed by atoms with E-state index in [1.807, 2.05) is 43.3 Å². The van der Waals surface area contributed by atoms with Crippen LogP contribution in [0, 0.1) is 0 Å². The Labute approximate surface area is 130 Å². The van der Waals surface area contributed by atoms with Gasteiger partial charge in [0.05, 0.1) is 0 Å². The number of para-hydroxylation sites is 1. The van der Waals surface area contributed by atoms with Gasteiger partial charge in [0.2, 0.25) is 11.8 Å². The van der Waals surface area contributed by atoms with Crippen LogP contribution in [0.15, 0.2) is 48.7 Å². The molecule has 5 nitrogen and oxygen atoms in total. The molecule has 1 heterocycles. The number of hydrogen-bond acceptors (Lipinski definition) is 4. The Hall–Kier alpha value is -2.40. The first-order valence-corrected chi connectivity index (χ1v) is 7.33. The summed E-state index contributed by atoms with van der Waals surface area (Å²) >= 11 is 0. The third-order valence-corrected chi connectivity index (χ3v) is 3.08. The highest BCUT2D eigenvalue weighted by Crippen LogP contribution is 2.18. The van der Waals surface area contributed by atoms with Crippen molar-refractivity contribution in [2.45, 2.75) is 32.4 Å². The number of nitrogens with one attached hydrogen (secondary N) is 1. The summed E-state index contributed by atoms with van der Waals surface area (Å²) in [6.07, 6.45) is 2.83. The molecule has 0 aliphatic heterocycles. The normalized spacial score (nSPS) is 11.7. The maximum absolute atomic E-state index is 11.6. The Morgan fingerprint density at radius 2 is 2.05 bits per heavy atom. The SMILES string of the molecule is CC(N)CCC(=O)NCc1ccc(Oc2ccccc2)nc1. The molecule has 1 atom stereocenters. The molecule has 0 spiro atoms. The topological polar surface area (TPSA) is 77.2 Å². The smallest absolute Gasteiger partial charge is 0.220 e. The minimum Gasteiger partial charge on any atom is -0.439 e. The van der Waals surface area contributed by atoms with Gasteiger partial charge in [0.15, 0.2) is 0 Å². The second kappa shape index (κ2) is 8.14. The van der Waals surface area contributed by atoms with Crippen LogP contribution in [0.1, 0.15) is 25.3 Å². The third kappa shape index (κ3) is 5.54. The van der Waals surface area contributed by atoms with Gasteiger partial charge in [-0.25, -0.2) is 4.98 Å². The first-order valence-electron chi connectivity index (χ1n) is 7.33. The highest BCUT2D eigenvalue weighted by Gasteiger charge is 2.04. The summed E-state index contributed by atoms with van der Waals surface area (Å²) in [6.45, 7) is 2.35. The van der Waals surface area contributed by atoms with Gasteiger partial charge in [-0.1, -0.05) is 24.3 Å². The number of nitrogens with two attached hydrogens (primary N) is 1. The van der Waals surface area contributed by atoms with E-state index in [4.69, 9.17) is 10.5 Å². The first-order chi connectivity index (χ1) is 10.6. The van der Waals surface area contributed by atoms with E-state index in [0.29, 0.717) is 25.3 Å². The monoisotopic (exact) mass is 299 g/mol. The lowest BCUT2D eigenvalue weighted by Gasteiger charge is -2.08. The Bertz CT molecular complexity index is 583. The highest BCUT2D eigenvalue weighted by atomic mass is 16.5. The Kier molecular flexibility index (Phi) is 5.91. The minimum absolute atomic E-state index is 0.00177. The van der Waals surface area contributed by atoms with Crippen LogP contribution in [0.2, 0.25) is 0 Å². The van der Waals surface area contributed by atoms with Gasteiger partial charge in [0, 0.05) is 31.3 Å². The van der Waals surface area contributed by atoms with Gasteiger partial charge in [-0.3, -0.25) is 4.79 Å². The average molecular weight is 299 g/mol. The van der Waals surface area contributed by atoms with Gasteiger partial charge in [-0.2, -0.15) is 0 Å². The molecule has 0 aliphatic carbocycles. The molecular formula is C17H21N3O2. The van der Waals surface area contributed by atoms with Crippen molar-refractivity contribution in [1.29, 1.82) is 0 Å². The van der Waals surface area contributed by atoms with Crippen molar-refractivity contribution in [3.8, 4) is 11.6 Å². The van der Waals surface area contributed by atoms with Crippen LogP contribution < -0.4 is 15.8 Å². The predicted molar refractivity (Wildman–Crippen MR) is 85.5 cm³/mol. The second-order valence-electron chi connectivity index (χ2n) is 5.21. The van der Waals surface area contributed by atoms with Gasteiger partial charge in [-0.05, 0) is 31.0 Å². The van der Waals surface area contributed by atoms with Crippen molar-refractivity contribution in [2.24, 2.45) is 5.73 Å². The third-order valence-electron chi connectivity index (χ3n) is 3.08. The summed E-state index contributed by atoms with van der Waals surface area (Å²) in [6, 6.07) is 13.2. The number of nitrogens with zero attached hydrogens (tertiary/aromatic N) is 1. The van der Waals surface area contributed by atoms with Gasteiger partial charge >= 0.3 is 0 Å². The maximum Gasteiger partial charge on any atom is 0.220 e. The first kappa shape index (κ1) is 16.0. The highest BCUT2D eigenvalue weighted by molar-refractivity contribution is 5.75. The summed E-state index contributed by atoms with van der Waals surface area (Å²) in [5, 5.41) is 2.85. The van der Waals surface area contributed by atoms with Crippen molar-refractivity contribution in [3.05, 3.63) is 54.2 Å². The summed E-state index contributed by atoms with van der Waals surface area (Å²) in [5.74, 6) is 1.27. The molecule has 116 valence electrons. The lowest BCUT2D eigenvalue weighted by Crippen LogP contribution is -2.25. The fraction of sp³-hybridized carbons (Fsp3) is 0.294. The molecule has 0 aliphatic rings. The largest absolute Gasteiger partial charge is 0.439 e. The predicted octanol–water partition coefficient (Wildman–Crippen LogP) is 2.62. The van der Waals surface area contributed by atoms with E-state index in [-0.39, 0.29) is 11.9 Å². The van der Waals surface area contributed by atoms with Gasteiger partial charge in [0.1, 0.15) is 5.75 Å². The molecule has 5 heteroatoms. The minimum atomic E-state index is 0.00177. The van der Waals surface area contributed by atoms with E-state index in [2.05, 4.69) is 10.3 Å². The van der Waals surface area contributed by atoms with Crippen molar-refractivity contribution in [2.75, 3.05) is 0 Å². The number of benzene rings is 1. The molecule has 0 saturated heterocycles. The number of amides is 1. The van der Waals surface area contributed by atoms with Crippen molar-refractivity contribution >= 4 is 5.91 Å².